The van der Waals surface area contributed by atoms with E-state index in [1.807, 2.05) is 0 Å². The van der Waals surface area contributed by atoms with Gasteiger partial charge < -0.3 is 104 Å². The normalized spacial score (nSPS) is 53.5. The smallest absolute Gasteiger partial charge is 0.315 e. The molecule has 430 valence electrons. The molecule has 8 fully saturated rings. The first-order valence-corrected chi connectivity index (χ1v) is 27.2. The fourth-order valence-corrected chi connectivity index (χ4v) is 16.2. The SMILES string of the molecule is CC1(C)CC[C@]2(C(=O)O[C@@H]3O[C@@H](CO)[C@H](O)[C@@H](O)[C@@H]3O)CC[C@]3(C)C(=CC[C@@H]4[C@@]5(C)CC[C@H](O[C@@H]6OC[C@H](O)[C@H](O[C@@H]7O[C@H](CO)[C@@H](O)[C@H](O)[C@H]7O[C@@H]7O[C@H](CO)[C@@H](O)[C@H](O)[C@H]7O)[C@H]6O)C(C)(C)[C@@H]5CC[C@]43C)[C@@H]2C1. The largest absolute Gasteiger partial charge is 0.432 e. The average Bonchev–Trinajstić information content (AvgIpc) is 3.36. The molecular formula is C53H86O22. The third-order valence-electron chi connectivity index (χ3n) is 21.0. The molecule has 0 radical (unpaired) electrons. The Morgan fingerprint density at radius 1 is 0.573 bits per heavy atom. The van der Waals surface area contributed by atoms with Crippen LogP contribution in [-0.4, -0.2) is 222 Å². The van der Waals surface area contributed by atoms with Gasteiger partial charge >= 0.3 is 5.97 Å². The van der Waals surface area contributed by atoms with Crippen molar-refractivity contribution in [2.24, 2.45) is 50.2 Å². The van der Waals surface area contributed by atoms with Crippen molar-refractivity contribution in [3.63, 3.8) is 0 Å². The van der Waals surface area contributed by atoms with Gasteiger partial charge in [0.15, 0.2) is 18.9 Å². The molecule has 22 nitrogen and oxygen atoms in total. The molecule has 75 heavy (non-hydrogen) atoms. The fraction of sp³-hybridized carbons (Fsp3) is 0.943. The number of hydrogen-bond acceptors (Lipinski definition) is 22. The van der Waals surface area contributed by atoms with Gasteiger partial charge in [0.2, 0.25) is 6.29 Å². The number of esters is 1. The quantitative estimate of drug-likeness (QED) is 0.0643. The van der Waals surface area contributed by atoms with Gasteiger partial charge in [0, 0.05) is 0 Å². The fourth-order valence-electron chi connectivity index (χ4n) is 16.2. The molecule has 27 atom stereocenters. The van der Waals surface area contributed by atoms with Crippen molar-refractivity contribution >= 4 is 5.97 Å². The van der Waals surface area contributed by atoms with E-state index >= 15 is 0 Å². The van der Waals surface area contributed by atoms with E-state index in [0.717, 1.165) is 44.9 Å². The molecule has 4 aliphatic heterocycles. The topological polar surface area (TPSA) is 354 Å². The number of ether oxygens (including phenoxy) is 8. The van der Waals surface area contributed by atoms with Crippen molar-refractivity contribution in [2.45, 2.75) is 235 Å². The maximum Gasteiger partial charge on any atom is 0.315 e. The summed E-state index contributed by atoms with van der Waals surface area (Å²) in [6.07, 6.45) is -21.5. The van der Waals surface area contributed by atoms with Crippen LogP contribution in [0.3, 0.4) is 0 Å². The molecule has 0 spiro atoms. The summed E-state index contributed by atoms with van der Waals surface area (Å²) in [5.41, 5.74) is -0.804. The van der Waals surface area contributed by atoms with Gasteiger partial charge in [-0.05, 0) is 109 Å². The molecule has 0 aromatic carbocycles. The molecule has 13 N–H and O–H groups in total. The van der Waals surface area contributed by atoms with Crippen molar-refractivity contribution in [3.05, 3.63) is 11.6 Å². The Labute approximate surface area is 437 Å². The van der Waals surface area contributed by atoms with Gasteiger partial charge in [0.05, 0.1) is 37.9 Å². The van der Waals surface area contributed by atoms with Gasteiger partial charge in [-0.15, -0.1) is 0 Å². The van der Waals surface area contributed by atoms with E-state index in [2.05, 4.69) is 54.5 Å². The van der Waals surface area contributed by atoms with Crippen LogP contribution in [0.25, 0.3) is 0 Å². The van der Waals surface area contributed by atoms with E-state index in [4.69, 9.17) is 37.9 Å². The van der Waals surface area contributed by atoms with Crippen molar-refractivity contribution in [3.8, 4) is 0 Å². The van der Waals surface area contributed by atoms with E-state index in [-0.39, 0.29) is 46.0 Å². The van der Waals surface area contributed by atoms with E-state index in [0.29, 0.717) is 19.3 Å². The third-order valence-corrected chi connectivity index (χ3v) is 21.0. The van der Waals surface area contributed by atoms with Gasteiger partial charge in [0.25, 0.3) is 0 Å². The first kappa shape index (κ1) is 58.1. The summed E-state index contributed by atoms with van der Waals surface area (Å²) in [4.78, 5) is 14.7. The molecule has 4 saturated carbocycles. The first-order chi connectivity index (χ1) is 35.1. The molecule has 9 aliphatic rings. The summed E-state index contributed by atoms with van der Waals surface area (Å²) < 4.78 is 47.7. The van der Waals surface area contributed by atoms with Crippen LogP contribution in [0.1, 0.15) is 113 Å². The molecule has 0 aromatic rings. The average molecular weight is 1080 g/mol. The Balaban J connectivity index is 0.914. The number of aliphatic hydroxyl groups excluding tert-OH is 13. The summed E-state index contributed by atoms with van der Waals surface area (Å²) in [5, 5.41) is 138. The van der Waals surface area contributed by atoms with Crippen molar-refractivity contribution in [1.29, 1.82) is 0 Å². The zero-order valence-corrected chi connectivity index (χ0v) is 44.2. The predicted molar refractivity (Wildman–Crippen MR) is 257 cm³/mol. The van der Waals surface area contributed by atoms with Crippen molar-refractivity contribution in [1.82, 2.24) is 0 Å². The highest BCUT2D eigenvalue weighted by Crippen LogP contribution is 2.76. The van der Waals surface area contributed by atoms with Crippen LogP contribution in [0.4, 0.5) is 0 Å². The minimum Gasteiger partial charge on any atom is -0.432 e. The highest BCUT2D eigenvalue weighted by Gasteiger charge is 2.70. The minimum atomic E-state index is -1.90. The third kappa shape index (κ3) is 9.50. The predicted octanol–water partition coefficient (Wildman–Crippen LogP) is -1.40. The van der Waals surface area contributed by atoms with Crippen LogP contribution in [0.2, 0.25) is 0 Å². The van der Waals surface area contributed by atoms with Crippen LogP contribution in [-0.2, 0) is 42.7 Å². The van der Waals surface area contributed by atoms with Crippen LogP contribution < -0.4 is 0 Å². The molecule has 5 aliphatic carbocycles. The van der Waals surface area contributed by atoms with Gasteiger partial charge in [-0.3, -0.25) is 4.79 Å². The molecule has 9 rings (SSSR count). The number of carbonyl (C=O) groups is 1. The maximum absolute atomic E-state index is 14.7. The Hall–Kier alpha value is -1.59. The molecule has 0 aromatic heterocycles. The zero-order chi connectivity index (χ0) is 54.7. The maximum atomic E-state index is 14.7. The number of hydrogen-bond donors (Lipinski definition) is 13. The van der Waals surface area contributed by atoms with E-state index < -0.39 is 159 Å². The van der Waals surface area contributed by atoms with Crippen LogP contribution in [0.15, 0.2) is 11.6 Å². The summed E-state index contributed by atoms with van der Waals surface area (Å²) in [6.45, 7) is 13.5. The Kier molecular flexibility index (Phi) is 16.3. The summed E-state index contributed by atoms with van der Waals surface area (Å²) in [6, 6.07) is 0. The Morgan fingerprint density at radius 2 is 1.13 bits per heavy atom. The van der Waals surface area contributed by atoms with Crippen molar-refractivity contribution in [2.75, 3.05) is 26.4 Å². The summed E-state index contributed by atoms with van der Waals surface area (Å²) in [5.74, 6) is -0.257. The number of rotatable bonds is 11. The molecule has 0 bridgehead atoms. The highest BCUT2D eigenvalue weighted by atomic mass is 16.8. The summed E-state index contributed by atoms with van der Waals surface area (Å²) in [7, 11) is 0. The lowest BCUT2D eigenvalue weighted by Crippen LogP contribution is -2.67. The van der Waals surface area contributed by atoms with Gasteiger partial charge in [-0.2, -0.15) is 0 Å². The first-order valence-electron chi connectivity index (χ1n) is 27.2. The van der Waals surface area contributed by atoms with E-state index in [9.17, 15) is 71.2 Å². The van der Waals surface area contributed by atoms with Crippen molar-refractivity contribution < 1.29 is 109 Å². The van der Waals surface area contributed by atoms with Crippen LogP contribution in [0, 0.1) is 50.2 Å². The number of carbonyl (C=O) groups excluding carboxylic acids is 1. The lowest BCUT2D eigenvalue weighted by atomic mass is 9.33. The zero-order valence-electron chi connectivity index (χ0n) is 44.2. The molecule has 0 unspecified atom stereocenters. The monoisotopic (exact) mass is 1070 g/mol. The lowest BCUT2D eigenvalue weighted by molar-refractivity contribution is -0.387. The second kappa shape index (κ2) is 21.1. The minimum absolute atomic E-state index is 0.0762. The second-order valence-electron chi connectivity index (χ2n) is 25.8. The van der Waals surface area contributed by atoms with Gasteiger partial charge in [-0.1, -0.05) is 60.1 Å². The molecule has 4 heterocycles. The van der Waals surface area contributed by atoms with Crippen LogP contribution >= 0.6 is 0 Å². The number of fused-ring (bicyclic) bond motifs is 7. The number of allylic oxidation sites excluding steroid dienone is 2. The lowest BCUT2D eigenvalue weighted by Gasteiger charge is -2.71. The number of aliphatic hydroxyl groups is 13. The standard InChI is InChI=1S/C53H86O22/c1-48(2)14-16-53(47(67)75-45-39(65)36(62)33(59)27(20-55)70-45)17-15-51(6)23(24(53)18-48)8-9-30-50(5)12-11-31(49(3,4)29(50)10-13-52(30,51)7)72-43-40(66)41(25(57)22-68-43)73-46-42(37(63)34(60)28(21-56)71-46)74-44-38(64)35(61)32(58)26(19-54)69-44/h8,24-46,54-66H,9-22H2,1-7H3/t24-,25-,26+,27-,28+,29-,30+,31-,32+,33-,34+,35-,36+,37-,38+,39-,40+,41-,42+,43-,44-,45-,46-,50-,51+,52+,53-/m0/s1. The van der Waals surface area contributed by atoms with E-state index in [1.165, 1.54) is 5.57 Å². The molecule has 0 amide bonds. The Morgan fingerprint density at radius 3 is 1.76 bits per heavy atom. The van der Waals surface area contributed by atoms with Gasteiger partial charge in [-0.25, -0.2) is 0 Å². The van der Waals surface area contributed by atoms with E-state index in [1.54, 1.807) is 0 Å². The highest BCUT2D eigenvalue weighted by molar-refractivity contribution is 5.79. The van der Waals surface area contributed by atoms with Crippen LogP contribution in [0.5, 0.6) is 0 Å². The Bertz CT molecular complexity index is 2060. The summed E-state index contributed by atoms with van der Waals surface area (Å²) >= 11 is 0. The molecule has 4 saturated heterocycles. The van der Waals surface area contributed by atoms with Gasteiger partial charge in [0.1, 0.15) is 91.6 Å². The second-order valence-corrected chi connectivity index (χ2v) is 25.8. The molecular weight excluding hydrogens is 989 g/mol. The molecule has 22 heteroatoms.